The predicted octanol–water partition coefficient (Wildman–Crippen LogP) is 5.05. The van der Waals surface area contributed by atoms with E-state index in [0.717, 1.165) is 18.9 Å². The van der Waals surface area contributed by atoms with E-state index in [9.17, 15) is 0 Å². The standard InChI is InChI=1S/C20H30N2/c1-4-6-16-8-11-22(12-9-16)14-19-17(5-2)13-15(3)20-18(19)7-10-21-20/h7,10,13,16,21H,4-6,8-9,11-12,14H2,1-3H3. The minimum absolute atomic E-state index is 0.970. The van der Waals surface area contributed by atoms with Gasteiger partial charge in [0.15, 0.2) is 0 Å². The molecule has 0 spiro atoms. The Bertz CT molecular complexity index is 618. The summed E-state index contributed by atoms with van der Waals surface area (Å²) in [6.07, 6.45) is 8.75. The molecule has 2 heterocycles. The number of hydrogen-bond donors (Lipinski definition) is 1. The van der Waals surface area contributed by atoms with Gasteiger partial charge in [0.1, 0.15) is 0 Å². The fourth-order valence-electron chi connectivity index (χ4n) is 4.11. The maximum atomic E-state index is 3.42. The molecule has 120 valence electrons. The van der Waals surface area contributed by atoms with Crippen molar-refractivity contribution in [3.05, 3.63) is 35.0 Å². The van der Waals surface area contributed by atoms with Gasteiger partial charge in [0.05, 0.1) is 0 Å². The first-order valence-corrected chi connectivity index (χ1v) is 9.03. The van der Waals surface area contributed by atoms with E-state index in [2.05, 4.69) is 49.0 Å². The molecule has 3 rings (SSSR count). The Balaban J connectivity index is 1.79. The van der Waals surface area contributed by atoms with Crippen LogP contribution in [0.5, 0.6) is 0 Å². The van der Waals surface area contributed by atoms with Crippen LogP contribution < -0.4 is 0 Å². The first kappa shape index (κ1) is 15.6. The molecule has 22 heavy (non-hydrogen) atoms. The highest BCUT2D eigenvalue weighted by molar-refractivity contribution is 5.87. The minimum atomic E-state index is 0.970. The summed E-state index contributed by atoms with van der Waals surface area (Å²) < 4.78 is 0. The molecule has 0 atom stereocenters. The van der Waals surface area contributed by atoms with Gasteiger partial charge in [0.25, 0.3) is 0 Å². The maximum absolute atomic E-state index is 3.42. The van der Waals surface area contributed by atoms with Crippen molar-refractivity contribution in [1.82, 2.24) is 9.88 Å². The van der Waals surface area contributed by atoms with Crippen LogP contribution in [0.4, 0.5) is 0 Å². The molecular weight excluding hydrogens is 268 g/mol. The lowest BCUT2D eigenvalue weighted by Gasteiger charge is -2.32. The second-order valence-electron chi connectivity index (χ2n) is 6.96. The van der Waals surface area contributed by atoms with E-state index in [1.54, 1.807) is 5.56 Å². The lowest BCUT2D eigenvalue weighted by molar-refractivity contribution is 0.172. The molecule has 1 aliphatic heterocycles. The van der Waals surface area contributed by atoms with Crippen molar-refractivity contribution in [3.8, 4) is 0 Å². The molecule has 0 saturated carbocycles. The van der Waals surface area contributed by atoms with Gasteiger partial charge >= 0.3 is 0 Å². The van der Waals surface area contributed by atoms with Gasteiger partial charge in [-0.15, -0.1) is 0 Å². The van der Waals surface area contributed by atoms with Crippen LogP contribution >= 0.6 is 0 Å². The molecule has 2 aromatic rings. The highest BCUT2D eigenvalue weighted by Crippen LogP contribution is 2.29. The van der Waals surface area contributed by atoms with Gasteiger partial charge in [0.2, 0.25) is 0 Å². The number of aromatic amines is 1. The number of likely N-dealkylation sites (tertiary alicyclic amines) is 1. The number of piperidine rings is 1. The number of hydrogen-bond acceptors (Lipinski definition) is 1. The maximum Gasteiger partial charge on any atom is 0.0487 e. The van der Waals surface area contributed by atoms with E-state index < -0.39 is 0 Å². The van der Waals surface area contributed by atoms with E-state index in [1.807, 2.05) is 0 Å². The summed E-state index contributed by atoms with van der Waals surface area (Å²) in [5.74, 6) is 0.970. The third-order valence-corrected chi connectivity index (χ3v) is 5.41. The van der Waals surface area contributed by atoms with Gasteiger partial charge < -0.3 is 4.98 Å². The van der Waals surface area contributed by atoms with Gasteiger partial charge in [-0.2, -0.15) is 0 Å². The van der Waals surface area contributed by atoms with Crippen molar-refractivity contribution in [2.45, 2.75) is 59.4 Å². The number of H-pyrrole nitrogens is 1. The molecule has 1 aliphatic rings. The molecule has 2 heteroatoms. The van der Waals surface area contributed by atoms with Crippen LogP contribution in [0.3, 0.4) is 0 Å². The van der Waals surface area contributed by atoms with Crippen LogP contribution in [0.25, 0.3) is 10.9 Å². The number of aromatic nitrogens is 1. The quantitative estimate of drug-likeness (QED) is 0.818. The number of benzene rings is 1. The molecule has 0 unspecified atom stereocenters. The van der Waals surface area contributed by atoms with Crippen LogP contribution in [-0.2, 0) is 13.0 Å². The summed E-state index contributed by atoms with van der Waals surface area (Å²) in [5, 5.41) is 1.44. The Morgan fingerprint density at radius 1 is 1.23 bits per heavy atom. The normalized spacial score (nSPS) is 17.4. The minimum Gasteiger partial charge on any atom is -0.361 e. The SMILES string of the molecule is CCCC1CCN(Cc2c(CC)cc(C)c3[nH]ccc23)CC1. The zero-order valence-electron chi connectivity index (χ0n) is 14.4. The summed E-state index contributed by atoms with van der Waals surface area (Å²) in [5.41, 5.74) is 5.79. The number of nitrogens with one attached hydrogen (secondary N) is 1. The van der Waals surface area contributed by atoms with E-state index in [4.69, 9.17) is 0 Å². The second kappa shape index (κ2) is 6.87. The Labute approximate surface area is 134 Å². The Hall–Kier alpha value is -1.28. The fraction of sp³-hybridized carbons (Fsp3) is 0.600. The van der Waals surface area contributed by atoms with Crippen LogP contribution in [0.2, 0.25) is 0 Å². The molecule has 1 fully saturated rings. The molecular formula is C20H30N2. The number of nitrogens with zero attached hydrogens (tertiary/aromatic N) is 1. The lowest BCUT2D eigenvalue weighted by atomic mass is 9.91. The van der Waals surface area contributed by atoms with Crippen molar-refractivity contribution < 1.29 is 0 Å². The smallest absolute Gasteiger partial charge is 0.0487 e. The first-order chi connectivity index (χ1) is 10.7. The number of fused-ring (bicyclic) bond motifs is 1. The number of aryl methyl sites for hydroxylation is 2. The predicted molar refractivity (Wildman–Crippen MR) is 95.3 cm³/mol. The lowest BCUT2D eigenvalue weighted by Crippen LogP contribution is -2.33. The number of rotatable bonds is 5. The van der Waals surface area contributed by atoms with E-state index in [0.29, 0.717) is 0 Å². The van der Waals surface area contributed by atoms with E-state index in [-0.39, 0.29) is 0 Å². The van der Waals surface area contributed by atoms with Gasteiger partial charge in [-0.05, 0) is 68.0 Å². The third kappa shape index (κ3) is 3.08. The summed E-state index contributed by atoms with van der Waals surface area (Å²) in [6.45, 7) is 10.5. The van der Waals surface area contributed by atoms with Crippen molar-refractivity contribution >= 4 is 10.9 Å². The highest BCUT2D eigenvalue weighted by Gasteiger charge is 2.20. The monoisotopic (exact) mass is 298 g/mol. The van der Waals surface area contributed by atoms with Gasteiger partial charge in [-0.1, -0.05) is 32.8 Å². The third-order valence-electron chi connectivity index (χ3n) is 5.41. The van der Waals surface area contributed by atoms with Crippen molar-refractivity contribution in [2.75, 3.05) is 13.1 Å². The Kier molecular flexibility index (Phi) is 4.87. The average molecular weight is 298 g/mol. The molecule has 0 bridgehead atoms. The Morgan fingerprint density at radius 2 is 2.00 bits per heavy atom. The van der Waals surface area contributed by atoms with Crippen LogP contribution in [0, 0.1) is 12.8 Å². The molecule has 1 aromatic carbocycles. The second-order valence-corrected chi connectivity index (χ2v) is 6.96. The molecule has 1 aromatic heterocycles. The molecule has 0 aliphatic carbocycles. The van der Waals surface area contributed by atoms with Crippen LogP contribution in [0.1, 0.15) is 56.2 Å². The van der Waals surface area contributed by atoms with Crippen molar-refractivity contribution in [1.29, 1.82) is 0 Å². The average Bonchev–Trinajstić information content (AvgIpc) is 3.02. The largest absolute Gasteiger partial charge is 0.361 e. The topological polar surface area (TPSA) is 19.0 Å². The summed E-state index contributed by atoms with van der Waals surface area (Å²) in [7, 11) is 0. The Morgan fingerprint density at radius 3 is 2.68 bits per heavy atom. The molecule has 1 N–H and O–H groups in total. The van der Waals surface area contributed by atoms with E-state index >= 15 is 0 Å². The molecule has 0 amide bonds. The van der Waals surface area contributed by atoms with Crippen molar-refractivity contribution in [3.63, 3.8) is 0 Å². The van der Waals surface area contributed by atoms with Gasteiger partial charge in [0, 0.05) is 23.6 Å². The first-order valence-electron chi connectivity index (χ1n) is 9.03. The van der Waals surface area contributed by atoms with Crippen molar-refractivity contribution in [2.24, 2.45) is 5.92 Å². The fourth-order valence-corrected chi connectivity index (χ4v) is 4.11. The van der Waals surface area contributed by atoms with Gasteiger partial charge in [-0.3, -0.25) is 4.90 Å². The molecule has 1 saturated heterocycles. The van der Waals surface area contributed by atoms with Gasteiger partial charge in [-0.25, -0.2) is 0 Å². The van der Waals surface area contributed by atoms with Crippen LogP contribution in [-0.4, -0.2) is 23.0 Å². The summed E-state index contributed by atoms with van der Waals surface area (Å²) >= 11 is 0. The van der Waals surface area contributed by atoms with E-state index in [1.165, 1.54) is 60.8 Å². The molecule has 2 nitrogen and oxygen atoms in total. The molecule has 0 radical (unpaired) electrons. The van der Waals surface area contributed by atoms with Crippen LogP contribution in [0.15, 0.2) is 18.3 Å². The summed E-state index contributed by atoms with van der Waals surface area (Å²) in [4.78, 5) is 6.09. The highest BCUT2D eigenvalue weighted by atomic mass is 15.1. The summed E-state index contributed by atoms with van der Waals surface area (Å²) in [6, 6.07) is 4.65. The zero-order chi connectivity index (χ0) is 15.5. The zero-order valence-corrected chi connectivity index (χ0v) is 14.4.